The van der Waals surface area contributed by atoms with Gasteiger partial charge in [0.15, 0.2) is 6.61 Å². The summed E-state index contributed by atoms with van der Waals surface area (Å²) < 4.78 is 47.3. The van der Waals surface area contributed by atoms with E-state index in [-0.39, 0.29) is 17.6 Å². The molecule has 2 aromatic carbocycles. The first-order valence-corrected chi connectivity index (χ1v) is 11.1. The van der Waals surface area contributed by atoms with Crippen LogP contribution in [0, 0.1) is 0 Å². The second-order valence-corrected chi connectivity index (χ2v) is 8.29. The van der Waals surface area contributed by atoms with Gasteiger partial charge in [0, 0.05) is 30.1 Å². The molecule has 10 heteroatoms. The maximum absolute atomic E-state index is 13.1. The van der Waals surface area contributed by atoms with Crippen LogP contribution in [0.4, 0.5) is 19.0 Å². The molecule has 0 aliphatic carbocycles. The van der Waals surface area contributed by atoms with Gasteiger partial charge in [-0.05, 0) is 60.9 Å². The number of benzene rings is 2. The maximum atomic E-state index is 13.1. The summed E-state index contributed by atoms with van der Waals surface area (Å²) in [5.74, 6) is 1.13. The number of methoxy groups -OCH3 is 1. The highest BCUT2D eigenvalue weighted by molar-refractivity contribution is 5.95. The van der Waals surface area contributed by atoms with Crippen LogP contribution in [0.2, 0.25) is 0 Å². The quantitative estimate of drug-likeness (QED) is 0.544. The molecular weight excluding hydrogens is 461 g/mol. The normalized spacial score (nSPS) is 14.6. The molecule has 3 aromatic rings. The Hall–Kier alpha value is -3.82. The number of likely N-dealkylation sites (tertiary alicyclic amines) is 1. The van der Waals surface area contributed by atoms with Crippen molar-refractivity contribution in [2.24, 2.45) is 0 Å². The largest absolute Gasteiger partial charge is 0.496 e. The minimum atomic E-state index is -4.40. The Morgan fingerprint density at radius 2 is 1.77 bits per heavy atom. The van der Waals surface area contributed by atoms with Gasteiger partial charge in [-0.2, -0.15) is 18.3 Å². The predicted octanol–water partition coefficient (Wildman–Crippen LogP) is 4.70. The van der Waals surface area contributed by atoms with E-state index in [0.717, 1.165) is 24.1 Å². The number of anilines is 1. The molecule has 35 heavy (non-hydrogen) atoms. The summed E-state index contributed by atoms with van der Waals surface area (Å²) in [5, 5.41) is 8.08. The van der Waals surface area contributed by atoms with Crippen molar-refractivity contribution in [1.82, 2.24) is 15.1 Å². The van der Waals surface area contributed by atoms with Crippen LogP contribution >= 0.6 is 0 Å². The molecule has 1 aromatic heterocycles. The third-order valence-electron chi connectivity index (χ3n) is 5.92. The SMILES string of the molecule is COc1cc(C(=O)N2CCC(c3ccc(N)nn3)CC2)ccc1-c1ccc(OCC(F)(F)F)cc1. The average molecular weight is 486 g/mol. The topological polar surface area (TPSA) is 90.6 Å². The van der Waals surface area contributed by atoms with Crippen molar-refractivity contribution in [1.29, 1.82) is 0 Å². The van der Waals surface area contributed by atoms with Gasteiger partial charge in [-0.15, -0.1) is 5.10 Å². The first-order chi connectivity index (χ1) is 16.7. The van der Waals surface area contributed by atoms with Crippen molar-refractivity contribution >= 4 is 11.7 Å². The van der Waals surface area contributed by atoms with E-state index in [4.69, 9.17) is 15.2 Å². The molecule has 7 nitrogen and oxygen atoms in total. The van der Waals surface area contributed by atoms with Gasteiger partial charge in [0.2, 0.25) is 0 Å². The van der Waals surface area contributed by atoms with E-state index in [1.54, 1.807) is 36.4 Å². The minimum absolute atomic E-state index is 0.0902. The van der Waals surface area contributed by atoms with Crippen LogP contribution in [0.5, 0.6) is 11.5 Å². The Morgan fingerprint density at radius 3 is 2.37 bits per heavy atom. The Labute approximate surface area is 200 Å². The van der Waals surface area contributed by atoms with Crippen molar-refractivity contribution in [3.8, 4) is 22.6 Å². The lowest BCUT2D eigenvalue weighted by molar-refractivity contribution is -0.153. The van der Waals surface area contributed by atoms with Crippen LogP contribution in [-0.4, -0.2) is 54.0 Å². The second-order valence-electron chi connectivity index (χ2n) is 8.29. The van der Waals surface area contributed by atoms with Gasteiger partial charge >= 0.3 is 6.18 Å². The lowest BCUT2D eigenvalue weighted by Gasteiger charge is -2.31. The van der Waals surface area contributed by atoms with Crippen molar-refractivity contribution in [2.45, 2.75) is 24.9 Å². The summed E-state index contributed by atoms with van der Waals surface area (Å²) in [6.07, 6.45) is -2.84. The Morgan fingerprint density at radius 1 is 1.06 bits per heavy atom. The van der Waals surface area contributed by atoms with Gasteiger partial charge < -0.3 is 20.1 Å². The number of nitrogen functional groups attached to an aromatic ring is 1. The van der Waals surface area contributed by atoms with E-state index in [1.807, 2.05) is 11.0 Å². The predicted molar refractivity (Wildman–Crippen MR) is 124 cm³/mol. The molecular formula is C25H25F3N4O3. The molecule has 0 unspecified atom stereocenters. The minimum Gasteiger partial charge on any atom is -0.496 e. The molecule has 1 fully saturated rings. The zero-order valence-electron chi connectivity index (χ0n) is 19.1. The summed E-state index contributed by atoms with van der Waals surface area (Å²) in [6, 6.07) is 15.0. The lowest BCUT2D eigenvalue weighted by Crippen LogP contribution is -2.38. The van der Waals surface area contributed by atoms with Gasteiger partial charge in [-0.1, -0.05) is 12.1 Å². The van der Waals surface area contributed by atoms with Gasteiger partial charge in [-0.3, -0.25) is 4.79 Å². The zero-order valence-corrected chi connectivity index (χ0v) is 19.1. The van der Waals surface area contributed by atoms with Crippen molar-refractivity contribution in [3.63, 3.8) is 0 Å². The van der Waals surface area contributed by atoms with Gasteiger partial charge in [0.1, 0.15) is 17.3 Å². The van der Waals surface area contributed by atoms with Gasteiger partial charge in [0.25, 0.3) is 5.91 Å². The summed E-state index contributed by atoms with van der Waals surface area (Å²) >= 11 is 0. The lowest BCUT2D eigenvalue weighted by atomic mass is 9.93. The number of carbonyl (C=O) groups excluding carboxylic acids is 1. The van der Waals surface area contributed by atoms with Crippen molar-refractivity contribution < 1.29 is 27.4 Å². The zero-order chi connectivity index (χ0) is 25.0. The number of piperidine rings is 1. The van der Waals surface area contributed by atoms with E-state index in [2.05, 4.69) is 10.2 Å². The fourth-order valence-corrected chi connectivity index (χ4v) is 4.09. The average Bonchev–Trinajstić information content (AvgIpc) is 2.87. The van der Waals surface area contributed by atoms with Crippen LogP contribution in [-0.2, 0) is 0 Å². The number of amides is 1. The molecule has 2 N–H and O–H groups in total. The van der Waals surface area contributed by atoms with Crippen LogP contribution in [0.25, 0.3) is 11.1 Å². The Bertz CT molecular complexity index is 1160. The van der Waals surface area contributed by atoms with Crippen molar-refractivity contribution in [2.75, 3.05) is 32.5 Å². The van der Waals surface area contributed by atoms with Crippen LogP contribution in [0.3, 0.4) is 0 Å². The molecule has 0 saturated carbocycles. The van der Waals surface area contributed by atoms with Crippen LogP contribution < -0.4 is 15.2 Å². The summed E-state index contributed by atoms with van der Waals surface area (Å²) in [7, 11) is 1.51. The van der Waals surface area contributed by atoms with Gasteiger partial charge in [0.05, 0.1) is 12.8 Å². The van der Waals surface area contributed by atoms with Crippen LogP contribution in [0.1, 0.15) is 34.8 Å². The number of carbonyl (C=O) groups is 1. The molecule has 1 aliphatic rings. The molecule has 0 spiro atoms. The summed E-state index contributed by atoms with van der Waals surface area (Å²) in [6.45, 7) is -0.158. The molecule has 184 valence electrons. The highest BCUT2D eigenvalue weighted by atomic mass is 19.4. The van der Waals surface area contributed by atoms with Crippen LogP contribution in [0.15, 0.2) is 54.6 Å². The first kappa shape index (κ1) is 24.3. The molecule has 1 aliphatic heterocycles. The number of hydrogen-bond donors (Lipinski definition) is 1. The second kappa shape index (κ2) is 10.2. The summed E-state index contributed by atoms with van der Waals surface area (Å²) in [4.78, 5) is 14.9. The summed E-state index contributed by atoms with van der Waals surface area (Å²) in [5.41, 5.74) is 8.43. The number of alkyl halides is 3. The fourth-order valence-electron chi connectivity index (χ4n) is 4.09. The Kier molecular flexibility index (Phi) is 7.09. The van der Waals surface area contributed by atoms with E-state index in [9.17, 15) is 18.0 Å². The number of halogens is 3. The monoisotopic (exact) mass is 486 g/mol. The molecule has 2 heterocycles. The maximum Gasteiger partial charge on any atom is 0.422 e. The molecule has 0 bridgehead atoms. The number of nitrogens with zero attached hydrogens (tertiary/aromatic N) is 3. The molecule has 1 saturated heterocycles. The van der Waals surface area contributed by atoms with Crippen molar-refractivity contribution in [3.05, 3.63) is 65.9 Å². The van der Waals surface area contributed by atoms with E-state index < -0.39 is 12.8 Å². The molecule has 4 rings (SSSR count). The molecule has 0 atom stereocenters. The molecule has 0 radical (unpaired) electrons. The number of hydrogen-bond acceptors (Lipinski definition) is 6. The highest BCUT2D eigenvalue weighted by Crippen LogP contribution is 2.33. The number of rotatable bonds is 6. The smallest absolute Gasteiger partial charge is 0.422 e. The van der Waals surface area contributed by atoms with Gasteiger partial charge in [-0.25, -0.2) is 0 Å². The standard InChI is InChI=1S/C25H25F3N4O3/c1-34-22-14-18(4-7-20(22)16-2-5-19(6-3-16)35-15-25(26,27)28)24(33)32-12-10-17(11-13-32)21-8-9-23(29)31-30-21/h2-9,14,17H,10-13,15H2,1H3,(H2,29,31). The number of nitrogens with two attached hydrogens (primary N) is 1. The first-order valence-electron chi connectivity index (χ1n) is 11.1. The number of aromatic nitrogens is 2. The highest BCUT2D eigenvalue weighted by Gasteiger charge is 2.28. The fraction of sp³-hybridized carbons (Fsp3) is 0.320. The van der Waals surface area contributed by atoms with E-state index in [1.165, 1.54) is 19.2 Å². The third-order valence-corrected chi connectivity index (χ3v) is 5.92. The Balaban J connectivity index is 1.42. The molecule has 1 amide bonds. The number of ether oxygens (including phenoxy) is 2. The van der Waals surface area contributed by atoms with E-state index in [0.29, 0.717) is 35.8 Å². The third kappa shape index (κ3) is 6.00. The van der Waals surface area contributed by atoms with E-state index >= 15 is 0 Å².